The molecule has 0 aliphatic carbocycles. The van der Waals surface area contributed by atoms with Gasteiger partial charge in [0.1, 0.15) is 0 Å². The molecule has 0 saturated heterocycles. The van der Waals surface area contributed by atoms with E-state index in [1.54, 1.807) is 12.1 Å². The minimum absolute atomic E-state index is 0.0320. The van der Waals surface area contributed by atoms with Crippen molar-refractivity contribution in [1.29, 1.82) is 0 Å². The van der Waals surface area contributed by atoms with Gasteiger partial charge in [-0.05, 0) is 50.3 Å². The Kier molecular flexibility index (Phi) is 13.6. The first-order valence-electron chi connectivity index (χ1n) is 9.70. The van der Waals surface area contributed by atoms with Crippen LogP contribution in [0.25, 0.3) is 0 Å². The van der Waals surface area contributed by atoms with Crippen LogP contribution in [-0.4, -0.2) is 42.9 Å². The zero-order valence-electron chi connectivity index (χ0n) is 16.7. The van der Waals surface area contributed by atoms with Crippen LogP contribution in [0.3, 0.4) is 0 Å². The van der Waals surface area contributed by atoms with Crippen LogP contribution in [0.2, 0.25) is 0 Å². The van der Waals surface area contributed by atoms with Crippen molar-refractivity contribution in [3.05, 3.63) is 29.8 Å². The lowest BCUT2D eigenvalue weighted by Crippen LogP contribution is -2.32. The van der Waals surface area contributed by atoms with E-state index in [0.29, 0.717) is 6.54 Å². The molecule has 0 heterocycles. The van der Waals surface area contributed by atoms with Crippen molar-refractivity contribution in [2.75, 3.05) is 19.8 Å². The first-order valence-corrected chi connectivity index (χ1v) is 11.1. The minimum Gasteiger partial charge on any atom is -0.396 e. The molecule has 0 unspecified atom stereocenters. The fraction of sp³-hybridized carbons (Fsp3) is 0.700. The van der Waals surface area contributed by atoms with Gasteiger partial charge in [0.05, 0.1) is 4.90 Å². The molecule has 0 amide bonds. The highest BCUT2D eigenvalue weighted by atomic mass is 32.2. The van der Waals surface area contributed by atoms with Crippen molar-refractivity contribution < 1.29 is 23.2 Å². The lowest BCUT2D eigenvalue weighted by atomic mass is 9.77. The van der Waals surface area contributed by atoms with Crippen LogP contribution in [0.5, 0.6) is 0 Å². The Balaban J connectivity index is 0.000000533. The standard InChI is InChI=1S/C13H29NO2.C7H8O3S/c1-2-3-4-5-6-7-13(12-14,8-10-15)9-11-16;1-6-2-4-7(5-3-6)11(8,9)10/h15-16H,2-12,14H2,1H3;2-5H,1H3,(H,8,9,10). The van der Waals surface area contributed by atoms with Crippen molar-refractivity contribution in [1.82, 2.24) is 0 Å². The van der Waals surface area contributed by atoms with E-state index in [9.17, 15) is 8.42 Å². The highest BCUT2D eigenvalue weighted by molar-refractivity contribution is 7.85. The second-order valence-corrected chi connectivity index (χ2v) is 8.53. The molecule has 0 aromatic heterocycles. The molecule has 0 bridgehead atoms. The summed E-state index contributed by atoms with van der Waals surface area (Å²) in [5.74, 6) is 0. The van der Waals surface area contributed by atoms with Gasteiger partial charge >= 0.3 is 0 Å². The van der Waals surface area contributed by atoms with Gasteiger partial charge in [0, 0.05) is 13.2 Å². The summed E-state index contributed by atoms with van der Waals surface area (Å²) in [6, 6.07) is 5.99. The van der Waals surface area contributed by atoms with E-state index >= 15 is 0 Å². The van der Waals surface area contributed by atoms with Gasteiger partial charge in [-0.25, -0.2) is 0 Å². The van der Waals surface area contributed by atoms with Crippen molar-refractivity contribution in [2.24, 2.45) is 11.1 Å². The predicted molar refractivity (Wildman–Crippen MR) is 109 cm³/mol. The summed E-state index contributed by atoms with van der Waals surface area (Å²) < 4.78 is 29.6. The van der Waals surface area contributed by atoms with Crippen LogP contribution < -0.4 is 5.73 Å². The maximum absolute atomic E-state index is 10.5. The Hall–Kier alpha value is -0.990. The van der Waals surface area contributed by atoms with E-state index in [-0.39, 0.29) is 23.5 Å². The Labute approximate surface area is 164 Å². The number of unbranched alkanes of at least 4 members (excludes halogenated alkanes) is 4. The van der Waals surface area contributed by atoms with Crippen LogP contribution >= 0.6 is 0 Å². The van der Waals surface area contributed by atoms with Gasteiger partial charge in [0.25, 0.3) is 10.1 Å². The van der Waals surface area contributed by atoms with Gasteiger partial charge in [-0.3, -0.25) is 4.55 Å². The fourth-order valence-electron chi connectivity index (χ4n) is 2.97. The third-order valence-electron chi connectivity index (χ3n) is 4.85. The summed E-state index contributed by atoms with van der Waals surface area (Å²) in [7, 11) is -4.02. The van der Waals surface area contributed by atoms with Gasteiger partial charge in [0.2, 0.25) is 0 Å². The molecule has 0 aliphatic heterocycles. The topological polar surface area (TPSA) is 121 Å². The number of nitrogens with two attached hydrogens (primary N) is 1. The summed E-state index contributed by atoms with van der Waals surface area (Å²) in [6.07, 6.45) is 8.73. The Morgan fingerprint density at radius 2 is 1.44 bits per heavy atom. The summed E-state index contributed by atoms with van der Waals surface area (Å²) in [4.78, 5) is -0.0666. The molecule has 27 heavy (non-hydrogen) atoms. The molecule has 1 aromatic rings. The predicted octanol–water partition coefficient (Wildman–Crippen LogP) is 3.30. The average Bonchev–Trinajstić information content (AvgIpc) is 2.62. The Morgan fingerprint density at radius 3 is 1.85 bits per heavy atom. The normalized spacial score (nSPS) is 11.8. The number of hydrogen-bond acceptors (Lipinski definition) is 5. The second-order valence-electron chi connectivity index (χ2n) is 7.10. The average molecular weight is 404 g/mol. The fourth-order valence-corrected chi connectivity index (χ4v) is 3.45. The van der Waals surface area contributed by atoms with Crippen molar-refractivity contribution >= 4 is 10.1 Å². The molecule has 1 rings (SSSR count). The Bertz CT molecular complexity index is 581. The Morgan fingerprint density at radius 1 is 0.926 bits per heavy atom. The molecule has 0 aliphatic rings. The van der Waals surface area contributed by atoms with E-state index in [4.69, 9.17) is 20.5 Å². The summed E-state index contributed by atoms with van der Waals surface area (Å²) >= 11 is 0. The number of aliphatic hydroxyl groups is 2. The minimum atomic E-state index is -4.02. The van der Waals surface area contributed by atoms with E-state index in [2.05, 4.69) is 6.92 Å². The molecule has 5 N–H and O–H groups in total. The number of aryl methyl sites for hydroxylation is 1. The maximum atomic E-state index is 10.5. The maximum Gasteiger partial charge on any atom is 0.294 e. The first kappa shape index (κ1) is 26.0. The molecule has 0 fully saturated rings. The number of hydrogen-bond donors (Lipinski definition) is 4. The molecule has 0 radical (unpaired) electrons. The molecule has 158 valence electrons. The lowest BCUT2D eigenvalue weighted by molar-refractivity contribution is 0.127. The quantitative estimate of drug-likeness (QED) is 0.314. The molecule has 0 spiro atoms. The van der Waals surface area contributed by atoms with E-state index in [1.165, 1.54) is 37.8 Å². The third kappa shape index (κ3) is 11.4. The molecule has 1 aromatic carbocycles. The highest BCUT2D eigenvalue weighted by Gasteiger charge is 2.26. The first-order chi connectivity index (χ1) is 12.7. The molecule has 0 saturated carbocycles. The summed E-state index contributed by atoms with van der Waals surface area (Å²) in [6.45, 7) is 4.97. The van der Waals surface area contributed by atoms with Gasteiger partial charge < -0.3 is 15.9 Å². The van der Waals surface area contributed by atoms with Gasteiger partial charge in [0.15, 0.2) is 0 Å². The molecular weight excluding hydrogens is 366 g/mol. The van der Waals surface area contributed by atoms with Crippen molar-refractivity contribution in [3.63, 3.8) is 0 Å². The monoisotopic (exact) mass is 403 g/mol. The van der Waals surface area contributed by atoms with Crippen LogP contribution in [0.1, 0.15) is 63.9 Å². The van der Waals surface area contributed by atoms with E-state index < -0.39 is 10.1 Å². The summed E-state index contributed by atoms with van der Waals surface area (Å²) in [5.41, 5.74) is 6.72. The second kappa shape index (κ2) is 14.1. The van der Waals surface area contributed by atoms with Crippen LogP contribution in [0.15, 0.2) is 29.2 Å². The number of aliphatic hydroxyl groups excluding tert-OH is 2. The van der Waals surface area contributed by atoms with Crippen LogP contribution in [0.4, 0.5) is 0 Å². The zero-order valence-corrected chi connectivity index (χ0v) is 17.5. The smallest absolute Gasteiger partial charge is 0.294 e. The molecule has 6 nitrogen and oxygen atoms in total. The largest absolute Gasteiger partial charge is 0.396 e. The number of rotatable bonds is 12. The SMILES string of the molecule is CCCCCCCC(CN)(CCO)CCO.Cc1ccc(S(=O)(=O)O)cc1. The highest BCUT2D eigenvalue weighted by Crippen LogP contribution is 2.31. The zero-order chi connectivity index (χ0) is 20.8. The molecule has 7 heteroatoms. The molecule has 0 atom stereocenters. The van der Waals surface area contributed by atoms with Gasteiger partial charge in [-0.2, -0.15) is 8.42 Å². The van der Waals surface area contributed by atoms with Crippen molar-refractivity contribution in [2.45, 2.75) is 70.1 Å². The lowest BCUT2D eigenvalue weighted by Gasteiger charge is -2.31. The van der Waals surface area contributed by atoms with E-state index in [0.717, 1.165) is 31.2 Å². The van der Waals surface area contributed by atoms with Crippen molar-refractivity contribution in [3.8, 4) is 0 Å². The summed E-state index contributed by atoms with van der Waals surface area (Å²) in [5, 5.41) is 18.1. The van der Waals surface area contributed by atoms with Crippen LogP contribution in [-0.2, 0) is 10.1 Å². The van der Waals surface area contributed by atoms with E-state index in [1.807, 2.05) is 6.92 Å². The molecular formula is C20H37NO5S. The number of benzene rings is 1. The van der Waals surface area contributed by atoms with Gasteiger partial charge in [-0.1, -0.05) is 56.7 Å². The van der Waals surface area contributed by atoms with Gasteiger partial charge in [-0.15, -0.1) is 0 Å². The third-order valence-corrected chi connectivity index (χ3v) is 5.71. The van der Waals surface area contributed by atoms with Crippen LogP contribution in [0, 0.1) is 12.3 Å².